The molecule has 0 aromatic heterocycles. The topological polar surface area (TPSA) is 88.0 Å². The summed E-state index contributed by atoms with van der Waals surface area (Å²) in [6, 6.07) is 3.56. The van der Waals surface area contributed by atoms with Crippen LogP contribution in [0.4, 0.5) is 0 Å². The molecule has 0 radical (unpaired) electrons. The van der Waals surface area contributed by atoms with Crippen molar-refractivity contribution in [2.24, 2.45) is 11.8 Å². The fourth-order valence-corrected chi connectivity index (χ4v) is 2.16. The third-order valence-corrected chi connectivity index (χ3v) is 2.95. The average molecular weight is 194 g/mol. The Kier molecular flexibility index (Phi) is 3.88. The summed E-state index contributed by atoms with van der Waals surface area (Å²) in [5.74, 6) is -0.494. The summed E-state index contributed by atoms with van der Waals surface area (Å²) in [6.07, 6.45) is 1.25. The molecule has 4 heteroatoms. The molecule has 1 rings (SSSR count). The Balaban J connectivity index is 2.70. The molecule has 14 heavy (non-hydrogen) atoms. The van der Waals surface area contributed by atoms with Crippen molar-refractivity contribution in [3.63, 3.8) is 0 Å². The first-order valence-electron chi connectivity index (χ1n) is 4.86. The van der Waals surface area contributed by atoms with Gasteiger partial charge in [0.25, 0.3) is 0 Å². The van der Waals surface area contributed by atoms with Gasteiger partial charge in [-0.05, 0) is 12.8 Å². The van der Waals surface area contributed by atoms with Gasteiger partial charge in [0.05, 0.1) is 12.1 Å². The molecule has 0 heterocycles. The average Bonchev–Trinajstić information content (AvgIpc) is 2.27. The minimum Gasteiger partial charge on any atom is -0.378 e. The smallest absolute Gasteiger partial charge is 0.143 e. The maximum Gasteiger partial charge on any atom is 0.143 e. The Hall–Kier alpha value is -1.10. The molecule has 1 aliphatic rings. The van der Waals surface area contributed by atoms with Crippen LogP contribution in [0.3, 0.4) is 0 Å². The number of rotatable bonds is 2. The van der Waals surface area contributed by atoms with Gasteiger partial charge in [-0.2, -0.15) is 10.5 Å². The van der Waals surface area contributed by atoms with Crippen LogP contribution >= 0.6 is 0 Å². The van der Waals surface area contributed by atoms with Gasteiger partial charge in [0.2, 0.25) is 0 Å². The lowest BCUT2D eigenvalue weighted by atomic mass is 9.74. The molecule has 4 nitrogen and oxygen atoms in total. The van der Waals surface area contributed by atoms with E-state index in [0.29, 0.717) is 0 Å². The Morgan fingerprint density at radius 1 is 0.929 bits per heavy atom. The van der Waals surface area contributed by atoms with Gasteiger partial charge in [-0.25, -0.2) is 0 Å². The molecule has 0 aliphatic heterocycles. The third kappa shape index (κ3) is 2.23. The van der Waals surface area contributed by atoms with Crippen LogP contribution in [0.2, 0.25) is 0 Å². The van der Waals surface area contributed by atoms with Crippen LogP contribution in [0, 0.1) is 34.5 Å². The Morgan fingerprint density at radius 3 is 1.57 bits per heavy atom. The second kappa shape index (κ2) is 4.95. The van der Waals surface area contributed by atoms with E-state index in [0.717, 1.165) is 25.7 Å². The van der Waals surface area contributed by atoms with Gasteiger partial charge in [0.1, 0.15) is 12.2 Å². The predicted octanol–water partition coefficient (Wildman–Crippen LogP) is 0.562. The van der Waals surface area contributed by atoms with Crippen molar-refractivity contribution in [2.75, 3.05) is 0 Å². The van der Waals surface area contributed by atoms with Crippen molar-refractivity contribution >= 4 is 0 Å². The van der Waals surface area contributed by atoms with Crippen LogP contribution < -0.4 is 0 Å². The number of nitriles is 2. The van der Waals surface area contributed by atoms with Gasteiger partial charge in [-0.1, -0.05) is 12.8 Å². The highest BCUT2D eigenvalue weighted by atomic mass is 16.3. The van der Waals surface area contributed by atoms with E-state index < -0.39 is 12.2 Å². The molecule has 4 atom stereocenters. The second-order valence-electron chi connectivity index (χ2n) is 3.76. The van der Waals surface area contributed by atoms with E-state index in [4.69, 9.17) is 10.5 Å². The van der Waals surface area contributed by atoms with E-state index in [1.165, 1.54) is 0 Å². The van der Waals surface area contributed by atoms with Crippen LogP contribution in [0.5, 0.6) is 0 Å². The number of aliphatic hydroxyl groups excluding tert-OH is 2. The summed E-state index contributed by atoms with van der Waals surface area (Å²) in [5, 5.41) is 36.0. The Morgan fingerprint density at radius 2 is 1.29 bits per heavy atom. The van der Waals surface area contributed by atoms with E-state index in [9.17, 15) is 10.2 Å². The van der Waals surface area contributed by atoms with Crippen molar-refractivity contribution in [2.45, 2.75) is 37.9 Å². The van der Waals surface area contributed by atoms with Crippen molar-refractivity contribution in [1.82, 2.24) is 0 Å². The summed E-state index contributed by atoms with van der Waals surface area (Å²) in [4.78, 5) is 0. The summed E-state index contributed by atoms with van der Waals surface area (Å²) < 4.78 is 0. The largest absolute Gasteiger partial charge is 0.378 e. The normalized spacial score (nSPS) is 31.1. The Bertz CT molecular complexity index is 238. The first-order valence-corrected chi connectivity index (χ1v) is 4.86. The predicted molar refractivity (Wildman–Crippen MR) is 48.7 cm³/mol. The molecule has 0 aromatic rings. The first-order chi connectivity index (χ1) is 6.70. The van der Waals surface area contributed by atoms with Gasteiger partial charge in [-0.3, -0.25) is 0 Å². The molecule has 0 aromatic carbocycles. The maximum atomic E-state index is 9.42. The van der Waals surface area contributed by atoms with Crippen LogP contribution in [0.1, 0.15) is 25.7 Å². The standard InChI is InChI=1S/C10H14N2O2/c11-5-9(13)7-3-1-2-4-8(7)10(14)6-12/h7-10,13-14H,1-4H2. The van der Waals surface area contributed by atoms with Gasteiger partial charge in [0.15, 0.2) is 0 Å². The highest BCUT2D eigenvalue weighted by molar-refractivity contribution is 4.99. The second-order valence-corrected chi connectivity index (χ2v) is 3.76. The summed E-state index contributed by atoms with van der Waals surface area (Å²) >= 11 is 0. The molecule has 4 unspecified atom stereocenters. The molecular formula is C10H14N2O2. The first kappa shape index (κ1) is 11.0. The zero-order valence-electron chi connectivity index (χ0n) is 7.93. The minimum atomic E-state index is -1.05. The highest BCUT2D eigenvalue weighted by Crippen LogP contribution is 2.34. The highest BCUT2D eigenvalue weighted by Gasteiger charge is 2.35. The van der Waals surface area contributed by atoms with E-state index in [-0.39, 0.29) is 11.8 Å². The van der Waals surface area contributed by atoms with Crippen LogP contribution in [0.15, 0.2) is 0 Å². The van der Waals surface area contributed by atoms with Crippen molar-refractivity contribution in [3.05, 3.63) is 0 Å². The zero-order valence-corrected chi connectivity index (χ0v) is 7.93. The van der Waals surface area contributed by atoms with Gasteiger partial charge < -0.3 is 10.2 Å². The van der Waals surface area contributed by atoms with E-state index >= 15 is 0 Å². The third-order valence-electron chi connectivity index (χ3n) is 2.95. The molecule has 1 fully saturated rings. The summed E-state index contributed by atoms with van der Waals surface area (Å²) in [6.45, 7) is 0. The lowest BCUT2D eigenvalue weighted by Gasteiger charge is -2.32. The lowest BCUT2D eigenvalue weighted by Crippen LogP contribution is -2.36. The molecule has 76 valence electrons. The molecule has 2 N–H and O–H groups in total. The monoisotopic (exact) mass is 194 g/mol. The van der Waals surface area contributed by atoms with Gasteiger partial charge >= 0.3 is 0 Å². The summed E-state index contributed by atoms with van der Waals surface area (Å²) in [5.41, 5.74) is 0. The fraction of sp³-hybridized carbons (Fsp3) is 0.800. The number of hydrogen-bond donors (Lipinski definition) is 2. The molecule has 0 spiro atoms. The molecule has 0 bridgehead atoms. The molecule has 0 saturated heterocycles. The number of aliphatic hydroxyl groups is 2. The van der Waals surface area contributed by atoms with Crippen LogP contribution in [0.25, 0.3) is 0 Å². The van der Waals surface area contributed by atoms with Gasteiger partial charge in [-0.15, -0.1) is 0 Å². The van der Waals surface area contributed by atoms with Crippen molar-refractivity contribution < 1.29 is 10.2 Å². The molecular weight excluding hydrogens is 180 g/mol. The van der Waals surface area contributed by atoms with Crippen molar-refractivity contribution in [3.8, 4) is 12.1 Å². The molecule has 1 saturated carbocycles. The van der Waals surface area contributed by atoms with Crippen molar-refractivity contribution in [1.29, 1.82) is 10.5 Å². The zero-order chi connectivity index (χ0) is 10.6. The fourth-order valence-electron chi connectivity index (χ4n) is 2.16. The van der Waals surface area contributed by atoms with Crippen LogP contribution in [-0.4, -0.2) is 22.4 Å². The number of hydrogen-bond acceptors (Lipinski definition) is 4. The minimum absolute atomic E-state index is 0.247. The van der Waals surface area contributed by atoms with E-state index in [2.05, 4.69) is 0 Å². The van der Waals surface area contributed by atoms with Crippen LogP contribution in [-0.2, 0) is 0 Å². The van der Waals surface area contributed by atoms with E-state index in [1.807, 2.05) is 0 Å². The van der Waals surface area contributed by atoms with E-state index in [1.54, 1.807) is 12.1 Å². The summed E-state index contributed by atoms with van der Waals surface area (Å²) in [7, 11) is 0. The molecule has 0 amide bonds. The van der Waals surface area contributed by atoms with Gasteiger partial charge in [0, 0.05) is 11.8 Å². The number of nitrogens with zero attached hydrogens (tertiary/aromatic N) is 2. The molecule has 1 aliphatic carbocycles. The SMILES string of the molecule is N#CC(O)C1CCCCC1C(O)C#N. The maximum absolute atomic E-state index is 9.42. The lowest BCUT2D eigenvalue weighted by molar-refractivity contribution is 0.0279. The quantitative estimate of drug-likeness (QED) is 0.629. The Labute approximate surface area is 83.4 Å².